The van der Waals surface area contributed by atoms with Gasteiger partial charge in [0.05, 0.1) is 6.04 Å². The van der Waals surface area contributed by atoms with Crippen LogP contribution in [0.1, 0.15) is 41.5 Å². The summed E-state index contributed by atoms with van der Waals surface area (Å²) >= 11 is 1.20. The summed E-state index contributed by atoms with van der Waals surface area (Å²) in [5, 5.41) is 2.81. The van der Waals surface area contributed by atoms with Gasteiger partial charge in [-0.25, -0.2) is 0 Å². The SMILES string of the molecule is CCS(C)(C[C@H](NC(C)=O)[C@H]1O[C@H](SC)[C@H](OC(C)=O)[C@@H](OC(C)=O)[C@H]1OC(C)=O)OC(C)=O. The lowest BCUT2D eigenvalue weighted by atomic mass is 9.94. The van der Waals surface area contributed by atoms with E-state index in [4.69, 9.17) is 23.1 Å². The smallest absolute Gasteiger partial charge is 0.313 e. The second-order valence-corrected chi connectivity index (χ2v) is 12.3. The Morgan fingerprint density at radius 3 is 1.79 bits per heavy atom. The molecule has 0 radical (unpaired) electrons. The molecule has 1 saturated heterocycles. The van der Waals surface area contributed by atoms with Crippen LogP contribution in [0.4, 0.5) is 0 Å². The molecule has 196 valence electrons. The molecule has 1 fully saturated rings. The summed E-state index contributed by atoms with van der Waals surface area (Å²) < 4.78 is 28.2. The van der Waals surface area contributed by atoms with Crippen LogP contribution in [0, 0.1) is 0 Å². The average Bonchev–Trinajstić information content (AvgIpc) is 2.68. The maximum atomic E-state index is 12.1. The molecule has 0 spiro atoms. The van der Waals surface area contributed by atoms with Crippen LogP contribution in [0.5, 0.6) is 0 Å². The van der Waals surface area contributed by atoms with E-state index in [-0.39, 0.29) is 11.7 Å². The van der Waals surface area contributed by atoms with Gasteiger partial charge in [0, 0.05) is 46.1 Å². The molecule has 0 bridgehead atoms. The molecule has 1 unspecified atom stereocenters. The zero-order chi connectivity index (χ0) is 26.2. The average molecular weight is 526 g/mol. The second-order valence-electron chi connectivity index (χ2n) is 7.95. The highest BCUT2D eigenvalue weighted by molar-refractivity contribution is 8.29. The van der Waals surface area contributed by atoms with E-state index in [0.717, 1.165) is 0 Å². The van der Waals surface area contributed by atoms with Crippen molar-refractivity contribution in [1.82, 2.24) is 5.32 Å². The van der Waals surface area contributed by atoms with Gasteiger partial charge < -0.3 is 28.4 Å². The van der Waals surface area contributed by atoms with Gasteiger partial charge in [0.25, 0.3) is 0 Å². The van der Waals surface area contributed by atoms with Gasteiger partial charge in [0.2, 0.25) is 5.91 Å². The Morgan fingerprint density at radius 2 is 1.38 bits per heavy atom. The van der Waals surface area contributed by atoms with E-state index in [1.807, 2.05) is 6.92 Å². The number of nitrogens with one attached hydrogen (secondary N) is 1. The largest absolute Gasteiger partial charge is 0.456 e. The van der Waals surface area contributed by atoms with Crippen molar-refractivity contribution in [3.05, 3.63) is 0 Å². The molecule has 0 aromatic heterocycles. The van der Waals surface area contributed by atoms with Crippen molar-refractivity contribution in [2.75, 3.05) is 24.0 Å². The molecule has 1 aliphatic rings. The van der Waals surface area contributed by atoms with Crippen molar-refractivity contribution in [3.8, 4) is 0 Å². The molecule has 1 rings (SSSR count). The quantitative estimate of drug-likeness (QED) is 0.326. The fourth-order valence-corrected chi connectivity index (χ4v) is 6.41. The Morgan fingerprint density at radius 1 is 0.882 bits per heavy atom. The maximum Gasteiger partial charge on any atom is 0.313 e. The fourth-order valence-electron chi connectivity index (χ4n) is 3.67. The van der Waals surface area contributed by atoms with E-state index in [1.165, 1.54) is 46.4 Å². The summed E-state index contributed by atoms with van der Waals surface area (Å²) in [5.41, 5.74) is -0.807. The molecule has 7 atom stereocenters. The molecule has 1 heterocycles. The van der Waals surface area contributed by atoms with Crippen LogP contribution < -0.4 is 5.32 Å². The second kappa shape index (κ2) is 13.2. The van der Waals surface area contributed by atoms with Gasteiger partial charge in [0.15, 0.2) is 18.3 Å². The van der Waals surface area contributed by atoms with Crippen LogP contribution in [-0.2, 0) is 47.1 Å². The van der Waals surface area contributed by atoms with Crippen LogP contribution >= 0.6 is 22.1 Å². The first-order valence-corrected chi connectivity index (χ1v) is 14.2. The van der Waals surface area contributed by atoms with Crippen molar-refractivity contribution in [1.29, 1.82) is 0 Å². The van der Waals surface area contributed by atoms with Gasteiger partial charge in [-0.05, 0) is 12.5 Å². The number of ether oxygens (including phenoxy) is 4. The lowest BCUT2D eigenvalue weighted by molar-refractivity contribution is -0.234. The molecular formula is C21H35NO10S2. The highest BCUT2D eigenvalue weighted by Gasteiger charge is 2.54. The highest BCUT2D eigenvalue weighted by Crippen LogP contribution is 2.47. The van der Waals surface area contributed by atoms with E-state index in [1.54, 1.807) is 12.5 Å². The predicted octanol–water partition coefficient (Wildman–Crippen LogP) is 1.31. The van der Waals surface area contributed by atoms with Gasteiger partial charge in [0.1, 0.15) is 11.5 Å². The number of thioether (sulfide) groups is 1. The van der Waals surface area contributed by atoms with Crippen molar-refractivity contribution in [3.63, 3.8) is 0 Å². The number of carbonyl (C=O) groups is 5. The third-order valence-electron chi connectivity index (χ3n) is 4.92. The molecular weight excluding hydrogens is 490 g/mol. The molecule has 34 heavy (non-hydrogen) atoms. The number of amides is 1. The van der Waals surface area contributed by atoms with Crippen LogP contribution in [0.3, 0.4) is 0 Å². The molecule has 0 aliphatic carbocycles. The monoisotopic (exact) mass is 525 g/mol. The Hall–Kier alpha value is -1.99. The molecule has 0 aromatic rings. The summed E-state index contributed by atoms with van der Waals surface area (Å²) in [6, 6.07) is -0.785. The van der Waals surface area contributed by atoms with Gasteiger partial charge in [-0.2, -0.15) is 0 Å². The highest BCUT2D eigenvalue weighted by atomic mass is 32.3. The van der Waals surface area contributed by atoms with E-state index in [2.05, 4.69) is 5.32 Å². The third-order valence-corrected chi connectivity index (χ3v) is 8.68. The molecule has 1 amide bonds. The molecule has 0 saturated carbocycles. The minimum absolute atomic E-state index is 0.192. The van der Waals surface area contributed by atoms with Gasteiger partial charge in [-0.15, -0.1) is 11.8 Å². The van der Waals surface area contributed by atoms with E-state index in [0.29, 0.717) is 5.75 Å². The first kappa shape index (κ1) is 30.0. The maximum absolute atomic E-state index is 12.1. The summed E-state index contributed by atoms with van der Waals surface area (Å²) in [7, 11) is -2.00. The van der Waals surface area contributed by atoms with Crippen molar-refractivity contribution < 1.29 is 47.1 Å². The zero-order valence-electron chi connectivity index (χ0n) is 20.8. The fraction of sp³-hybridized carbons (Fsp3) is 0.762. The van der Waals surface area contributed by atoms with E-state index in [9.17, 15) is 24.0 Å². The lowest BCUT2D eigenvalue weighted by Gasteiger charge is -2.48. The molecule has 1 N–H and O–H groups in total. The minimum atomic E-state index is -2.00. The van der Waals surface area contributed by atoms with Crippen LogP contribution in [-0.4, -0.2) is 89.7 Å². The Balaban J connectivity index is 3.56. The summed E-state index contributed by atoms with van der Waals surface area (Å²) in [6.45, 7) is 8.03. The van der Waals surface area contributed by atoms with Crippen LogP contribution in [0.2, 0.25) is 0 Å². The van der Waals surface area contributed by atoms with Gasteiger partial charge >= 0.3 is 23.9 Å². The summed E-state index contributed by atoms with van der Waals surface area (Å²) in [4.78, 5) is 59.6. The minimum Gasteiger partial charge on any atom is -0.456 e. The lowest BCUT2D eigenvalue weighted by Crippen LogP contribution is -2.66. The number of hydrogen-bond acceptors (Lipinski definition) is 11. The van der Waals surface area contributed by atoms with E-state index < -0.39 is 70.1 Å². The van der Waals surface area contributed by atoms with Crippen LogP contribution in [0.15, 0.2) is 0 Å². The Kier molecular flexibility index (Phi) is 11.7. The number of rotatable bonds is 10. The molecule has 13 heteroatoms. The summed E-state index contributed by atoms with van der Waals surface area (Å²) in [6.07, 6.45) is -0.991. The first-order chi connectivity index (χ1) is 15.7. The van der Waals surface area contributed by atoms with Crippen molar-refractivity contribution in [2.24, 2.45) is 0 Å². The third kappa shape index (κ3) is 8.99. The topological polar surface area (TPSA) is 144 Å². The zero-order valence-corrected chi connectivity index (χ0v) is 22.4. The number of hydrogen-bond donors (Lipinski definition) is 1. The Labute approximate surface area is 205 Å². The van der Waals surface area contributed by atoms with Crippen LogP contribution in [0.25, 0.3) is 0 Å². The van der Waals surface area contributed by atoms with E-state index >= 15 is 0 Å². The molecule has 1 aliphatic heterocycles. The van der Waals surface area contributed by atoms with Gasteiger partial charge in [-0.3, -0.25) is 24.0 Å². The normalized spacial score (nSPS) is 27.8. The standard InChI is InChI=1S/C21H35NO10S2/c1-9-34(8,32-15(6)27)10-16(22-11(2)23)17-18(28-12(3)24)19(29-13(4)25)20(30-14(5)26)21(31-17)33-7/h16-21H,9-10H2,1-8H3,(H,22,23)/t16-,17+,18-,19-,20+,21+/m0/s1. The molecule has 11 nitrogen and oxygen atoms in total. The van der Waals surface area contributed by atoms with Gasteiger partial charge in [-0.1, -0.05) is 17.2 Å². The first-order valence-electron chi connectivity index (χ1n) is 10.6. The van der Waals surface area contributed by atoms with Crippen molar-refractivity contribution in [2.45, 2.75) is 77.4 Å². The number of carbonyl (C=O) groups excluding carboxylic acids is 5. The molecule has 0 aromatic carbocycles. The van der Waals surface area contributed by atoms with Crippen molar-refractivity contribution >= 4 is 51.9 Å². The predicted molar refractivity (Wildman–Crippen MR) is 127 cm³/mol. The Bertz CT molecular complexity index is 779. The number of esters is 3. The summed E-state index contributed by atoms with van der Waals surface area (Å²) in [5.74, 6) is -2.16.